The number of rotatable bonds is 1. The van der Waals surface area contributed by atoms with Crippen LogP contribution < -0.4 is 5.73 Å². The molecule has 0 unspecified atom stereocenters. The molecule has 3 rings (SSSR count). The lowest BCUT2D eigenvalue weighted by Crippen LogP contribution is -1.98. The van der Waals surface area contributed by atoms with Crippen LogP contribution in [0.3, 0.4) is 0 Å². The van der Waals surface area contributed by atoms with Crippen LogP contribution in [0, 0.1) is 0 Å². The van der Waals surface area contributed by atoms with E-state index in [9.17, 15) is 0 Å². The molecule has 2 aromatic rings. The van der Waals surface area contributed by atoms with Crippen LogP contribution in [0.2, 0.25) is 0 Å². The van der Waals surface area contributed by atoms with Gasteiger partial charge in [-0.3, -0.25) is 0 Å². The number of aryl methyl sites for hydroxylation is 1. The molecule has 1 aromatic heterocycles. The molecular weight excluding hydrogens is 236 g/mol. The molecule has 1 aliphatic rings. The first-order valence-electron chi connectivity index (χ1n) is 5.30. The molecule has 0 radical (unpaired) electrons. The van der Waals surface area contributed by atoms with Crippen molar-refractivity contribution in [2.45, 2.75) is 17.7 Å². The van der Waals surface area contributed by atoms with E-state index in [4.69, 9.17) is 5.73 Å². The molecule has 2 heterocycles. The molecule has 4 heteroatoms. The van der Waals surface area contributed by atoms with Gasteiger partial charge < -0.3 is 5.73 Å². The fraction of sp³-hybridized carbons (Fsp3) is 0.250. The summed E-state index contributed by atoms with van der Waals surface area (Å²) in [6, 6.07) is 6.62. The second kappa shape index (κ2) is 4.11. The second-order valence-electron chi connectivity index (χ2n) is 3.85. The van der Waals surface area contributed by atoms with Crippen molar-refractivity contribution in [3.63, 3.8) is 0 Å². The number of anilines is 1. The average molecular weight is 248 g/mol. The summed E-state index contributed by atoms with van der Waals surface area (Å²) in [4.78, 5) is 5.75. The molecule has 2 nitrogen and oxygen atoms in total. The largest absolute Gasteiger partial charge is 0.375 e. The van der Waals surface area contributed by atoms with Gasteiger partial charge in [0.15, 0.2) is 5.13 Å². The van der Waals surface area contributed by atoms with Gasteiger partial charge in [0.05, 0.1) is 5.69 Å². The fourth-order valence-corrected chi connectivity index (χ4v) is 3.53. The monoisotopic (exact) mass is 248 g/mol. The summed E-state index contributed by atoms with van der Waals surface area (Å²) in [5.74, 6) is 1.25. The predicted molar refractivity (Wildman–Crippen MR) is 71.0 cm³/mol. The molecule has 16 heavy (non-hydrogen) atoms. The lowest BCUT2D eigenvalue weighted by atomic mass is 10.0. The summed E-state index contributed by atoms with van der Waals surface area (Å²) in [6.45, 7) is 0. The number of fused-ring (bicyclic) bond motifs is 1. The molecule has 0 amide bonds. The Morgan fingerprint density at radius 3 is 3.06 bits per heavy atom. The van der Waals surface area contributed by atoms with E-state index in [1.54, 1.807) is 0 Å². The molecule has 2 N–H and O–H groups in total. The zero-order valence-electron chi connectivity index (χ0n) is 8.77. The maximum absolute atomic E-state index is 5.66. The maximum Gasteiger partial charge on any atom is 0.180 e. The van der Waals surface area contributed by atoms with Gasteiger partial charge in [0, 0.05) is 15.8 Å². The third kappa shape index (κ3) is 1.83. The Kier molecular flexibility index (Phi) is 2.61. The van der Waals surface area contributed by atoms with E-state index in [0.29, 0.717) is 5.13 Å². The van der Waals surface area contributed by atoms with Crippen LogP contribution in [-0.4, -0.2) is 10.7 Å². The summed E-state index contributed by atoms with van der Waals surface area (Å²) >= 11 is 3.45. The Labute approximate surface area is 103 Å². The first kappa shape index (κ1) is 10.2. The third-order valence-electron chi connectivity index (χ3n) is 2.73. The normalized spacial score (nSPS) is 14.8. The van der Waals surface area contributed by atoms with Crippen molar-refractivity contribution in [1.82, 2.24) is 4.98 Å². The summed E-state index contributed by atoms with van der Waals surface area (Å²) in [5.41, 5.74) is 9.31. The first-order valence-corrected chi connectivity index (χ1v) is 7.16. The van der Waals surface area contributed by atoms with Crippen LogP contribution in [0.4, 0.5) is 5.13 Å². The zero-order valence-corrected chi connectivity index (χ0v) is 10.4. The summed E-state index contributed by atoms with van der Waals surface area (Å²) in [7, 11) is 0. The van der Waals surface area contributed by atoms with Gasteiger partial charge in [-0.2, -0.15) is 0 Å². The fourth-order valence-electron chi connectivity index (χ4n) is 1.94. The molecule has 0 saturated carbocycles. The van der Waals surface area contributed by atoms with Crippen molar-refractivity contribution in [2.24, 2.45) is 0 Å². The van der Waals surface area contributed by atoms with Crippen LogP contribution in [0.5, 0.6) is 0 Å². The lowest BCUT2D eigenvalue weighted by molar-refractivity contribution is 0.890. The molecule has 0 fully saturated rings. The minimum absolute atomic E-state index is 0.641. The molecule has 0 aliphatic carbocycles. The number of nitrogens with zero attached hydrogens (tertiary/aromatic N) is 1. The highest BCUT2D eigenvalue weighted by atomic mass is 32.2. The Balaban J connectivity index is 2.02. The highest BCUT2D eigenvalue weighted by molar-refractivity contribution is 7.99. The van der Waals surface area contributed by atoms with Crippen LogP contribution in [0.15, 0.2) is 28.5 Å². The minimum Gasteiger partial charge on any atom is -0.375 e. The molecule has 1 aromatic carbocycles. The van der Waals surface area contributed by atoms with Gasteiger partial charge in [-0.25, -0.2) is 4.98 Å². The van der Waals surface area contributed by atoms with Gasteiger partial charge in [-0.1, -0.05) is 6.07 Å². The average Bonchev–Trinajstić information content (AvgIpc) is 2.75. The van der Waals surface area contributed by atoms with E-state index in [1.165, 1.54) is 46.0 Å². The summed E-state index contributed by atoms with van der Waals surface area (Å²) in [6.07, 6.45) is 2.47. The van der Waals surface area contributed by atoms with E-state index in [1.807, 2.05) is 17.1 Å². The van der Waals surface area contributed by atoms with Crippen molar-refractivity contribution in [2.75, 3.05) is 11.5 Å². The number of thiazole rings is 1. The highest BCUT2D eigenvalue weighted by Crippen LogP contribution is 2.33. The SMILES string of the molecule is Nc1nc(-c2ccc3c(c2)CCCS3)cs1. The van der Waals surface area contributed by atoms with Crippen molar-refractivity contribution >= 4 is 28.2 Å². The summed E-state index contributed by atoms with van der Waals surface area (Å²) < 4.78 is 0. The number of hydrogen-bond donors (Lipinski definition) is 1. The van der Waals surface area contributed by atoms with Crippen molar-refractivity contribution in [3.8, 4) is 11.3 Å². The Hall–Kier alpha value is -1.000. The van der Waals surface area contributed by atoms with Crippen LogP contribution in [0.25, 0.3) is 11.3 Å². The van der Waals surface area contributed by atoms with Gasteiger partial charge >= 0.3 is 0 Å². The smallest absolute Gasteiger partial charge is 0.180 e. The zero-order chi connectivity index (χ0) is 11.0. The number of nitrogens with two attached hydrogens (primary N) is 1. The number of aromatic nitrogens is 1. The van der Waals surface area contributed by atoms with Gasteiger partial charge in [-0.15, -0.1) is 23.1 Å². The second-order valence-corrected chi connectivity index (χ2v) is 5.87. The number of hydrogen-bond acceptors (Lipinski definition) is 4. The molecule has 0 atom stereocenters. The first-order chi connectivity index (χ1) is 7.83. The standard InChI is InChI=1S/C12H12N2S2/c13-12-14-10(7-16-12)8-3-4-11-9(6-8)2-1-5-15-11/h3-4,6-7H,1-2,5H2,(H2,13,14). The van der Waals surface area contributed by atoms with Gasteiger partial charge in [0.2, 0.25) is 0 Å². The van der Waals surface area contributed by atoms with Crippen molar-refractivity contribution in [3.05, 3.63) is 29.1 Å². The molecule has 82 valence electrons. The topological polar surface area (TPSA) is 38.9 Å². The quantitative estimate of drug-likeness (QED) is 0.840. The number of benzene rings is 1. The van der Waals surface area contributed by atoms with E-state index >= 15 is 0 Å². The van der Waals surface area contributed by atoms with Crippen molar-refractivity contribution < 1.29 is 0 Å². The van der Waals surface area contributed by atoms with Gasteiger partial charge in [0.1, 0.15) is 0 Å². The van der Waals surface area contributed by atoms with E-state index in [-0.39, 0.29) is 0 Å². The number of thioether (sulfide) groups is 1. The predicted octanol–water partition coefficient (Wildman–Crippen LogP) is 3.43. The summed E-state index contributed by atoms with van der Waals surface area (Å²) in [5, 5.41) is 2.66. The van der Waals surface area contributed by atoms with Crippen molar-refractivity contribution in [1.29, 1.82) is 0 Å². The highest BCUT2D eigenvalue weighted by Gasteiger charge is 2.11. The van der Waals surface area contributed by atoms with Crippen LogP contribution in [-0.2, 0) is 6.42 Å². The molecule has 0 saturated heterocycles. The molecular formula is C12H12N2S2. The minimum atomic E-state index is 0.641. The Bertz CT molecular complexity index is 519. The third-order valence-corrected chi connectivity index (χ3v) is 4.60. The van der Waals surface area contributed by atoms with E-state index < -0.39 is 0 Å². The van der Waals surface area contributed by atoms with E-state index in [2.05, 4.69) is 23.2 Å². The molecule has 0 bridgehead atoms. The lowest BCUT2D eigenvalue weighted by Gasteiger charge is -2.15. The number of nitrogen functional groups attached to an aromatic ring is 1. The van der Waals surface area contributed by atoms with E-state index in [0.717, 1.165) is 5.69 Å². The van der Waals surface area contributed by atoms with Crippen LogP contribution >= 0.6 is 23.1 Å². The molecule has 0 spiro atoms. The Morgan fingerprint density at radius 2 is 2.25 bits per heavy atom. The Morgan fingerprint density at radius 1 is 1.31 bits per heavy atom. The van der Waals surface area contributed by atoms with Crippen LogP contribution in [0.1, 0.15) is 12.0 Å². The molecule has 1 aliphatic heterocycles. The van der Waals surface area contributed by atoms with Gasteiger partial charge in [0.25, 0.3) is 0 Å². The van der Waals surface area contributed by atoms with Gasteiger partial charge in [-0.05, 0) is 36.3 Å². The maximum atomic E-state index is 5.66.